The number of rotatable bonds is 0. The first kappa shape index (κ1) is 11.4. The van der Waals surface area contributed by atoms with Gasteiger partial charge in [0.2, 0.25) is 0 Å². The molecular formula is C5H6ClF3. The van der Waals surface area contributed by atoms with E-state index in [1.165, 1.54) is 0 Å². The van der Waals surface area contributed by atoms with Crippen molar-refractivity contribution in [2.45, 2.75) is 6.92 Å². The average Bonchev–Trinajstić information content (AvgIpc) is 1.68. The summed E-state index contributed by atoms with van der Waals surface area (Å²) in [7, 11) is 0. The molecule has 0 bridgehead atoms. The maximum Gasteiger partial charge on any atom is 0.317 e. The summed E-state index contributed by atoms with van der Waals surface area (Å²) in [4.78, 5) is 0. The lowest BCUT2D eigenvalue weighted by Crippen LogP contribution is -1.54. The van der Waals surface area contributed by atoms with Crippen LogP contribution >= 0.6 is 11.6 Å². The molecule has 0 rings (SSSR count). The van der Waals surface area contributed by atoms with Gasteiger partial charge in [0, 0.05) is 0 Å². The van der Waals surface area contributed by atoms with Gasteiger partial charge in [0.05, 0.1) is 0 Å². The van der Waals surface area contributed by atoms with E-state index < -0.39 is 11.4 Å². The van der Waals surface area contributed by atoms with E-state index in [-0.39, 0.29) is 0 Å². The molecule has 0 aliphatic rings. The van der Waals surface area contributed by atoms with Crippen molar-refractivity contribution >= 4 is 11.6 Å². The summed E-state index contributed by atoms with van der Waals surface area (Å²) in [5, 5.41) is -1.94. The van der Waals surface area contributed by atoms with Crippen molar-refractivity contribution in [2.75, 3.05) is 0 Å². The van der Waals surface area contributed by atoms with Gasteiger partial charge in [-0.1, -0.05) is 6.08 Å². The second-order valence-electron chi connectivity index (χ2n) is 0.929. The molecule has 0 aromatic carbocycles. The molecule has 0 amide bonds. The molecule has 0 radical (unpaired) electrons. The van der Waals surface area contributed by atoms with Gasteiger partial charge in [-0.25, -0.2) is 0 Å². The van der Waals surface area contributed by atoms with Gasteiger partial charge in [-0.15, -0.1) is 6.58 Å². The zero-order valence-electron chi connectivity index (χ0n) is 4.80. The molecule has 0 unspecified atom stereocenters. The van der Waals surface area contributed by atoms with Gasteiger partial charge in [-0.05, 0) is 18.5 Å². The molecule has 0 spiro atoms. The lowest BCUT2D eigenvalue weighted by molar-refractivity contribution is 0.393. The first-order valence-corrected chi connectivity index (χ1v) is 2.37. The summed E-state index contributed by atoms with van der Waals surface area (Å²) in [6.07, 6.45) is -0.725. The van der Waals surface area contributed by atoms with Crippen LogP contribution in [-0.2, 0) is 0 Å². The third kappa shape index (κ3) is 18.4. The highest BCUT2D eigenvalue weighted by Crippen LogP contribution is 2.11. The number of halogens is 4. The van der Waals surface area contributed by atoms with E-state index in [0.717, 1.165) is 0 Å². The summed E-state index contributed by atoms with van der Waals surface area (Å²) in [5.41, 5.74) is 0. The van der Waals surface area contributed by atoms with Crippen LogP contribution in [0.25, 0.3) is 0 Å². The second-order valence-corrected chi connectivity index (χ2v) is 1.26. The fourth-order valence-electron chi connectivity index (χ4n) is 0. The third-order valence-corrected chi connectivity index (χ3v) is 0.286. The minimum Gasteiger partial charge on any atom is -0.188 e. The van der Waals surface area contributed by atoms with Crippen LogP contribution in [0.3, 0.4) is 0 Å². The third-order valence-electron chi connectivity index (χ3n) is 0.143. The Hall–Kier alpha value is -0.440. The predicted octanol–water partition coefficient (Wildman–Crippen LogP) is 3.45. The van der Waals surface area contributed by atoms with Crippen molar-refractivity contribution in [1.82, 2.24) is 0 Å². The Balaban J connectivity index is 0. The largest absolute Gasteiger partial charge is 0.317 e. The van der Waals surface area contributed by atoms with Crippen LogP contribution in [0, 0.1) is 0 Å². The standard InChI is InChI=1S/C3H6.C2ClF3/c1-3-2;3-1(4)2(5)6/h3H,1H2,2H3;. The van der Waals surface area contributed by atoms with Gasteiger partial charge in [0.15, 0.2) is 0 Å². The van der Waals surface area contributed by atoms with Crippen LogP contribution in [0.1, 0.15) is 6.92 Å². The quantitative estimate of drug-likeness (QED) is 0.474. The van der Waals surface area contributed by atoms with Crippen molar-refractivity contribution in [3.8, 4) is 0 Å². The molecule has 0 N–H and O–H groups in total. The van der Waals surface area contributed by atoms with Crippen molar-refractivity contribution in [2.24, 2.45) is 0 Å². The Kier molecular flexibility index (Phi) is 9.55. The number of allylic oxidation sites excluding steroid dienone is 1. The molecule has 0 heterocycles. The topological polar surface area (TPSA) is 0 Å². The van der Waals surface area contributed by atoms with Gasteiger partial charge >= 0.3 is 6.08 Å². The second kappa shape index (κ2) is 7.56. The Bertz CT molecular complexity index is 90.8. The molecular weight excluding hydrogens is 153 g/mol. The highest BCUT2D eigenvalue weighted by Gasteiger charge is 1.95. The zero-order valence-corrected chi connectivity index (χ0v) is 5.55. The maximum absolute atomic E-state index is 10.7. The summed E-state index contributed by atoms with van der Waals surface area (Å²) < 4.78 is 31.8. The molecule has 4 heteroatoms. The normalized spacial score (nSPS) is 6.78. The van der Waals surface area contributed by atoms with Gasteiger partial charge in [-0.2, -0.15) is 13.2 Å². The van der Waals surface area contributed by atoms with E-state index >= 15 is 0 Å². The number of hydrogen-bond acceptors (Lipinski definition) is 0. The van der Waals surface area contributed by atoms with E-state index in [2.05, 4.69) is 18.2 Å². The average molecular weight is 159 g/mol. The Morgan fingerprint density at radius 1 is 1.44 bits per heavy atom. The highest BCUT2D eigenvalue weighted by atomic mass is 35.5. The van der Waals surface area contributed by atoms with Crippen LogP contribution < -0.4 is 0 Å². The molecule has 0 saturated heterocycles. The van der Waals surface area contributed by atoms with E-state index in [1.54, 1.807) is 6.08 Å². The molecule has 0 aliphatic heterocycles. The molecule has 0 aromatic rings. The van der Waals surface area contributed by atoms with E-state index in [4.69, 9.17) is 0 Å². The zero-order chi connectivity index (χ0) is 7.86. The molecule has 0 nitrogen and oxygen atoms in total. The SMILES string of the molecule is C=CC.FC(F)=C(F)Cl. The fraction of sp³-hybridized carbons (Fsp3) is 0.200. The molecule has 54 valence electrons. The monoisotopic (exact) mass is 158 g/mol. The van der Waals surface area contributed by atoms with Crippen LogP contribution in [0.2, 0.25) is 0 Å². The Morgan fingerprint density at radius 3 is 1.56 bits per heavy atom. The Labute approximate surface area is 56.6 Å². The minimum atomic E-state index is -2.48. The van der Waals surface area contributed by atoms with Crippen molar-refractivity contribution in [3.63, 3.8) is 0 Å². The van der Waals surface area contributed by atoms with E-state index in [0.29, 0.717) is 0 Å². The summed E-state index contributed by atoms with van der Waals surface area (Å²) in [6, 6.07) is 0. The predicted molar refractivity (Wildman–Crippen MR) is 32.1 cm³/mol. The first-order chi connectivity index (χ1) is 4.06. The molecule has 9 heavy (non-hydrogen) atoms. The smallest absolute Gasteiger partial charge is 0.188 e. The summed E-state index contributed by atoms with van der Waals surface area (Å²) in [6.45, 7) is 5.25. The van der Waals surface area contributed by atoms with Crippen molar-refractivity contribution < 1.29 is 13.2 Å². The highest BCUT2D eigenvalue weighted by molar-refractivity contribution is 6.28. The van der Waals surface area contributed by atoms with Crippen LogP contribution in [0.5, 0.6) is 0 Å². The van der Waals surface area contributed by atoms with Crippen LogP contribution in [-0.4, -0.2) is 0 Å². The van der Waals surface area contributed by atoms with E-state index in [9.17, 15) is 13.2 Å². The van der Waals surface area contributed by atoms with Gasteiger partial charge in [-0.3, -0.25) is 0 Å². The number of hydrogen-bond donors (Lipinski definition) is 0. The van der Waals surface area contributed by atoms with Gasteiger partial charge in [0.25, 0.3) is 5.29 Å². The minimum absolute atomic E-state index is 1.75. The maximum atomic E-state index is 10.7. The van der Waals surface area contributed by atoms with Crippen molar-refractivity contribution in [1.29, 1.82) is 0 Å². The first-order valence-electron chi connectivity index (χ1n) is 1.99. The Morgan fingerprint density at radius 2 is 1.56 bits per heavy atom. The summed E-state index contributed by atoms with van der Waals surface area (Å²) >= 11 is 4.08. The molecule has 0 fully saturated rings. The van der Waals surface area contributed by atoms with E-state index in [1.807, 2.05) is 6.92 Å². The van der Waals surface area contributed by atoms with Crippen molar-refractivity contribution in [3.05, 3.63) is 24.0 Å². The molecule has 0 aliphatic carbocycles. The van der Waals surface area contributed by atoms with Crippen LogP contribution in [0.4, 0.5) is 13.2 Å². The molecule has 0 aromatic heterocycles. The summed E-state index contributed by atoms with van der Waals surface area (Å²) in [5.74, 6) is 0. The van der Waals surface area contributed by atoms with Gasteiger partial charge in [0.1, 0.15) is 0 Å². The van der Waals surface area contributed by atoms with Gasteiger partial charge < -0.3 is 0 Å². The van der Waals surface area contributed by atoms with Crippen LogP contribution in [0.15, 0.2) is 24.0 Å². The lowest BCUT2D eigenvalue weighted by Gasteiger charge is -1.70. The molecule has 0 atom stereocenters. The lowest BCUT2D eigenvalue weighted by atomic mass is 10.8. The molecule has 0 saturated carbocycles. The fourth-order valence-corrected chi connectivity index (χ4v) is 0.